The molecular formula is C14H19FN2O4. The lowest BCUT2D eigenvalue weighted by Gasteiger charge is -2.17. The molecule has 21 heavy (non-hydrogen) atoms. The van der Waals surface area contributed by atoms with Crippen LogP contribution in [0.5, 0.6) is 5.75 Å². The maximum Gasteiger partial charge on any atom is 0.330 e. The van der Waals surface area contributed by atoms with Gasteiger partial charge in [-0.25, -0.2) is 9.18 Å². The number of hydrogen-bond donors (Lipinski definition) is 2. The van der Waals surface area contributed by atoms with Crippen molar-refractivity contribution in [2.75, 3.05) is 25.6 Å². The van der Waals surface area contributed by atoms with Gasteiger partial charge in [0.2, 0.25) is 5.91 Å². The summed E-state index contributed by atoms with van der Waals surface area (Å²) in [5.74, 6) is -1.28. The number of carbonyl (C=O) groups excluding carboxylic acids is 2. The molecule has 116 valence electrons. The molecule has 0 aliphatic heterocycles. The molecule has 0 fully saturated rings. The van der Waals surface area contributed by atoms with Crippen molar-refractivity contribution in [2.24, 2.45) is 0 Å². The molecule has 6 nitrogen and oxygen atoms in total. The minimum atomic E-state index is -0.845. The van der Waals surface area contributed by atoms with Gasteiger partial charge in [-0.2, -0.15) is 0 Å². The summed E-state index contributed by atoms with van der Waals surface area (Å²) >= 11 is 0. The molecule has 0 aliphatic carbocycles. The van der Waals surface area contributed by atoms with Crippen LogP contribution in [-0.2, 0) is 14.3 Å². The molecule has 1 rings (SSSR count). The Morgan fingerprint density at radius 2 is 2.10 bits per heavy atom. The Labute approximate surface area is 122 Å². The third kappa shape index (κ3) is 5.29. The first-order chi connectivity index (χ1) is 9.97. The molecule has 7 heteroatoms. The van der Waals surface area contributed by atoms with Gasteiger partial charge in [0.25, 0.3) is 0 Å². The van der Waals surface area contributed by atoms with Crippen LogP contribution in [0.15, 0.2) is 18.2 Å². The largest absolute Gasteiger partial charge is 0.491 e. The number of halogens is 1. The smallest absolute Gasteiger partial charge is 0.330 e. The molecule has 1 atom stereocenters. The zero-order valence-corrected chi connectivity index (χ0v) is 12.2. The average Bonchev–Trinajstić information content (AvgIpc) is 2.45. The highest BCUT2D eigenvalue weighted by atomic mass is 19.1. The van der Waals surface area contributed by atoms with E-state index in [-0.39, 0.29) is 18.2 Å². The first-order valence-corrected chi connectivity index (χ1v) is 6.49. The first-order valence-electron chi connectivity index (χ1n) is 6.49. The van der Waals surface area contributed by atoms with Gasteiger partial charge < -0.3 is 20.1 Å². The van der Waals surface area contributed by atoms with Gasteiger partial charge in [-0.3, -0.25) is 4.79 Å². The molecule has 1 amide bonds. The van der Waals surface area contributed by atoms with Gasteiger partial charge in [0.1, 0.15) is 6.04 Å². The van der Waals surface area contributed by atoms with Crippen LogP contribution in [0, 0.1) is 5.82 Å². The molecule has 0 aliphatic rings. The summed E-state index contributed by atoms with van der Waals surface area (Å²) in [5.41, 5.74) is 0.468. The second-order valence-corrected chi connectivity index (χ2v) is 4.24. The summed E-state index contributed by atoms with van der Waals surface area (Å²) in [6.07, 6.45) is 0. The Kier molecular flexibility index (Phi) is 6.45. The molecule has 1 aromatic carbocycles. The van der Waals surface area contributed by atoms with Gasteiger partial charge in [-0.15, -0.1) is 0 Å². The molecule has 1 aromatic rings. The molecule has 0 bridgehead atoms. The summed E-state index contributed by atoms with van der Waals surface area (Å²) in [7, 11) is 1.23. The maximum atomic E-state index is 13.7. The highest BCUT2D eigenvalue weighted by Crippen LogP contribution is 2.21. The molecular weight excluding hydrogens is 279 g/mol. The van der Waals surface area contributed by atoms with Crippen molar-refractivity contribution in [1.82, 2.24) is 5.32 Å². The number of ether oxygens (including phenoxy) is 2. The predicted molar refractivity (Wildman–Crippen MR) is 75.7 cm³/mol. The van der Waals surface area contributed by atoms with E-state index in [4.69, 9.17) is 4.74 Å². The summed E-state index contributed by atoms with van der Waals surface area (Å²) in [4.78, 5) is 22.5. The summed E-state index contributed by atoms with van der Waals surface area (Å²) in [6, 6.07) is 3.53. The Morgan fingerprint density at radius 3 is 2.62 bits per heavy atom. The lowest BCUT2D eigenvalue weighted by molar-refractivity contribution is -0.144. The van der Waals surface area contributed by atoms with E-state index in [2.05, 4.69) is 15.4 Å². The van der Waals surface area contributed by atoms with Crippen molar-refractivity contribution < 1.29 is 23.5 Å². The molecule has 0 heterocycles. The van der Waals surface area contributed by atoms with Crippen molar-refractivity contribution in [3.8, 4) is 5.75 Å². The number of benzene rings is 1. The third-order valence-electron chi connectivity index (χ3n) is 2.61. The fourth-order valence-corrected chi connectivity index (χ4v) is 1.68. The van der Waals surface area contributed by atoms with E-state index < -0.39 is 17.8 Å². The lowest BCUT2D eigenvalue weighted by Crippen LogP contribution is -2.45. The second-order valence-electron chi connectivity index (χ2n) is 4.24. The lowest BCUT2D eigenvalue weighted by atomic mass is 10.2. The summed E-state index contributed by atoms with van der Waals surface area (Å²) < 4.78 is 23.4. The highest BCUT2D eigenvalue weighted by molar-refractivity contribution is 5.83. The molecule has 0 saturated carbocycles. The van der Waals surface area contributed by atoms with Gasteiger partial charge in [0.15, 0.2) is 11.6 Å². The number of esters is 1. The molecule has 2 N–H and O–H groups in total. The standard InChI is InChI=1S/C14H19FN2O4/c1-4-21-13-6-5-10(7-11(13)15)16-8-12(14(19)20-3)17-9(2)18/h5-7,12,16H,4,8H2,1-3H3,(H,17,18). The number of carbonyl (C=O) groups is 2. The zero-order chi connectivity index (χ0) is 15.8. The van der Waals surface area contributed by atoms with Crippen molar-refractivity contribution in [2.45, 2.75) is 19.9 Å². The SMILES string of the molecule is CCOc1ccc(NCC(NC(C)=O)C(=O)OC)cc1F. The van der Waals surface area contributed by atoms with Crippen LogP contribution in [0.25, 0.3) is 0 Å². The Hall–Kier alpha value is -2.31. The van der Waals surface area contributed by atoms with E-state index in [9.17, 15) is 14.0 Å². The summed E-state index contributed by atoms with van der Waals surface area (Å²) in [6.45, 7) is 3.52. The van der Waals surface area contributed by atoms with Gasteiger partial charge in [0.05, 0.1) is 13.7 Å². The van der Waals surface area contributed by atoms with Crippen molar-refractivity contribution in [1.29, 1.82) is 0 Å². The van der Waals surface area contributed by atoms with Crippen LogP contribution in [0.2, 0.25) is 0 Å². The molecule has 0 saturated heterocycles. The van der Waals surface area contributed by atoms with Crippen molar-refractivity contribution in [3.05, 3.63) is 24.0 Å². The monoisotopic (exact) mass is 298 g/mol. The summed E-state index contributed by atoms with van der Waals surface area (Å²) in [5, 5.41) is 5.32. The molecule has 0 radical (unpaired) electrons. The second kappa shape index (κ2) is 8.08. The number of methoxy groups -OCH3 is 1. The van der Waals surface area contributed by atoms with E-state index in [1.807, 2.05) is 0 Å². The Morgan fingerprint density at radius 1 is 1.38 bits per heavy atom. The normalized spacial score (nSPS) is 11.4. The quantitative estimate of drug-likeness (QED) is 0.742. The minimum Gasteiger partial charge on any atom is -0.491 e. The highest BCUT2D eigenvalue weighted by Gasteiger charge is 2.19. The number of amides is 1. The number of rotatable bonds is 7. The van der Waals surface area contributed by atoms with E-state index in [1.54, 1.807) is 13.0 Å². The van der Waals surface area contributed by atoms with E-state index >= 15 is 0 Å². The number of nitrogens with one attached hydrogen (secondary N) is 2. The number of hydrogen-bond acceptors (Lipinski definition) is 5. The zero-order valence-electron chi connectivity index (χ0n) is 12.2. The Bertz CT molecular complexity index is 508. The number of anilines is 1. The average molecular weight is 298 g/mol. The van der Waals surface area contributed by atoms with E-state index in [0.29, 0.717) is 12.3 Å². The van der Waals surface area contributed by atoms with Gasteiger partial charge in [-0.1, -0.05) is 0 Å². The topological polar surface area (TPSA) is 76.7 Å². The predicted octanol–water partition coefficient (Wildman–Crippen LogP) is 1.31. The van der Waals surface area contributed by atoms with Crippen LogP contribution in [0.1, 0.15) is 13.8 Å². The first kappa shape index (κ1) is 16.7. The van der Waals surface area contributed by atoms with E-state index in [0.717, 1.165) is 0 Å². The van der Waals surface area contributed by atoms with Crippen LogP contribution in [-0.4, -0.2) is 38.2 Å². The maximum absolute atomic E-state index is 13.7. The van der Waals surface area contributed by atoms with Crippen LogP contribution < -0.4 is 15.4 Å². The van der Waals surface area contributed by atoms with Crippen LogP contribution in [0.3, 0.4) is 0 Å². The van der Waals surface area contributed by atoms with Gasteiger partial charge >= 0.3 is 5.97 Å². The Balaban J connectivity index is 2.69. The van der Waals surface area contributed by atoms with Crippen molar-refractivity contribution in [3.63, 3.8) is 0 Å². The minimum absolute atomic E-state index is 0.0830. The van der Waals surface area contributed by atoms with Crippen LogP contribution >= 0.6 is 0 Å². The van der Waals surface area contributed by atoms with Gasteiger partial charge in [-0.05, 0) is 19.1 Å². The molecule has 1 unspecified atom stereocenters. The molecule has 0 aromatic heterocycles. The molecule has 0 spiro atoms. The van der Waals surface area contributed by atoms with Crippen LogP contribution in [0.4, 0.5) is 10.1 Å². The third-order valence-corrected chi connectivity index (χ3v) is 2.61. The van der Waals surface area contributed by atoms with Crippen molar-refractivity contribution >= 4 is 17.6 Å². The fourth-order valence-electron chi connectivity index (χ4n) is 1.68. The fraction of sp³-hybridized carbons (Fsp3) is 0.429. The van der Waals surface area contributed by atoms with Gasteiger partial charge in [0, 0.05) is 25.2 Å². The van der Waals surface area contributed by atoms with E-state index in [1.165, 1.54) is 26.2 Å².